The standard InChI is InChI=1S/C21H21N3O6/c1-3-29-16-11-10-15(12-17(16)30-4-2)24-20(27)19(26)23(21(24)28)13-18(25)22-14-8-6-5-7-9-14/h5-12H,3-4,13H2,1-2H3,(H,22,25). The third kappa shape index (κ3) is 4.24. The first-order valence-electron chi connectivity index (χ1n) is 9.40. The third-order valence-electron chi connectivity index (χ3n) is 4.20. The molecule has 30 heavy (non-hydrogen) atoms. The number of amides is 5. The van der Waals surface area contributed by atoms with Gasteiger partial charge in [-0.15, -0.1) is 0 Å². The maximum atomic E-state index is 12.8. The summed E-state index contributed by atoms with van der Waals surface area (Å²) >= 11 is 0. The average molecular weight is 411 g/mol. The molecule has 0 aliphatic carbocycles. The number of urea groups is 1. The van der Waals surface area contributed by atoms with E-state index in [9.17, 15) is 19.2 Å². The zero-order valence-electron chi connectivity index (χ0n) is 16.6. The molecular formula is C21H21N3O6. The SMILES string of the molecule is CCOc1ccc(N2C(=O)C(=O)N(CC(=O)Nc3ccccc3)C2=O)cc1OCC. The van der Waals surface area contributed by atoms with E-state index in [-0.39, 0.29) is 5.69 Å². The van der Waals surface area contributed by atoms with E-state index in [1.807, 2.05) is 6.92 Å². The Morgan fingerprint density at radius 2 is 1.57 bits per heavy atom. The molecule has 9 nitrogen and oxygen atoms in total. The van der Waals surface area contributed by atoms with E-state index in [4.69, 9.17) is 9.47 Å². The van der Waals surface area contributed by atoms with E-state index in [2.05, 4.69) is 5.32 Å². The molecule has 0 saturated carbocycles. The molecule has 5 amide bonds. The maximum Gasteiger partial charge on any atom is 0.339 e. The molecule has 0 unspecified atom stereocenters. The van der Waals surface area contributed by atoms with Crippen LogP contribution in [0, 0.1) is 0 Å². The molecule has 0 bridgehead atoms. The number of para-hydroxylation sites is 1. The van der Waals surface area contributed by atoms with Crippen molar-refractivity contribution in [1.82, 2.24) is 4.90 Å². The van der Waals surface area contributed by atoms with Crippen LogP contribution in [-0.2, 0) is 14.4 Å². The second kappa shape index (κ2) is 9.08. The van der Waals surface area contributed by atoms with E-state index < -0.39 is 30.3 Å². The van der Waals surface area contributed by atoms with Crippen LogP contribution in [0.25, 0.3) is 0 Å². The Morgan fingerprint density at radius 3 is 2.23 bits per heavy atom. The fourth-order valence-electron chi connectivity index (χ4n) is 2.92. The summed E-state index contributed by atoms with van der Waals surface area (Å²) < 4.78 is 11.0. The molecule has 1 heterocycles. The topological polar surface area (TPSA) is 105 Å². The highest BCUT2D eigenvalue weighted by atomic mass is 16.5. The zero-order valence-corrected chi connectivity index (χ0v) is 16.6. The largest absolute Gasteiger partial charge is 0.490 e. The lowest BCUT2D eigenvalue weighted by atomic mass is 10.2. The van der Waals surface area contributed by atoms with Gasteiger partial charge >= 0.3 is 17.8 Å². The Bertz CT molecular complexity index is 976. The van der Waals surface area contributed by atoms with Crippen LogP contribution in [-0.4, -0.2) is 48.4 Å². The number of rotatable bonds is 8. The van der Waals surface area contributed by atoms with Gasteiger partial charge in [0.25, 0.3) is 0 Å². The summed E-state index contributed by atoms with van der Waals surface area (Å²) in [4.78, 5) is 51.1. The number of benzene rings is 2. The van der Waals surface area contributed by atoms with Crippen LogP contribution in [0.2, 0.25) is 0 Å². The van der Waals surface area contributed by atoms with Gasteiger partial charge in [0.05, 0.1) is 18.9 Å². The predicted octanol–water partition coefficient (Wildman–Crippen LogP) is 2.42. The van der Waals surface area contributed by atoms with E-state index >= 15 is 0 Å². The number of carbonyl (C=O) groups is 4. The lowest BCUT2D eigenvalue weighted by Crippen LogP contribution is -2.39. The highest BCUT2D eigenvalue weighted by Crippen LogP contribution is 2.34. The minimum atomic E-state index is -1.07. The monoisotopic (exact) mass is 411 g/mol. The molecule has 1 saturated heterocycles. The molecule has 3 rings (SSSR count). The number of hydrogen-bond donors (Lipinski definition) is 1. The van der Waals surface area contributed by atoms with Crippen molar-refractivity contribution in [3.8, 4) is 11.5 Å². The zero-order chi connectivity index (χ0) is 21.7. The van der Waals surface area contributed by atoms with Gasteiger partial charge < -0.3 is 14.8 Å². The molecule has 9 heteroatoms. The van der Waals surface area contributed by atoms with Gasteiger partial charge in [-0.2, -0.15) is 0 Å². The highest BCUT2D eigenvalue weighted by Gasteiger charge is 2.46. The van der Waals surface area contributed by atoms with Gasteiger partial charge in [0.1, 0.15) is 6.54 Å². The van der Waals surface area contributed by atoms with Crippen LogP contribution in [0.4, 0.5) is 16.2 Å². The Hall–Kier alpha value is -3.88. The van der Waals surface area contributed by atoms with Crippen LogP contribution in [0.15, 0.2) is 48.5 Å². The summed E-state index contributed by atoms with van der Waals surface area (Å²) in [6.45, 7) is 3.77. The molecular weight excluding hydrogens is 390 g/mol. The minimum Gasteiger partial charge on any atom is -0.490 e. The number of ether oxygens (including phenoxy) is 2. The van der Waals surface area contributed by atoms with Crippen molar-refractivity contribution in [3.63, 3.8) is 0 Å². The van der Waals surface area contributed by atoms with Gasteiger partial charge in [0.2, 0.25) is 5.91 Å². The van der Waals surface area contributed by atoms with Crippen LogP contribution < -0.4 is 19.7 Å². The summed E-state index contributed by atoms with van der Waals surface area (Å²) in [5.74, 6) is -1.92. The summed E-state index contributed by atoms with van der Waals surface area (Å²) in [6.07, 6.45) is 0. The van der Waals surface area contributed by atoms with Gasteiger partial charge in [-0.25, -0.2) is 14.6 Å². The predicted molar refractivity (Wildman–Crippen MR) is 108 cm³/mol. The molecule has 0 radical (unpaired) electrons. The van der Waals surface area contributed by atoms with Crippen LogP contribution in [0.5, 0.6) is 11.5 Å². The van der Waals surface area contributed by atoms with Crippen molar-refractivity contribution in [1.29, 1.82) is 0 Å². The van der Waals surface area contributed by atoms with Crippen molar-refractivity contribution in [2.24, 2.45) is 0 Å². The third-order valence-corrected chi connectivity index (χ3v) is 4.20. The van der Waals surface area contributed by atoms with Gasteiger partial charge in [-0.1, -0.05) is 18.2 Å². The Kier molecular flexibility index (Phi) is 6.31. The smallest absolute Gasteiger partial charge is 0.339 e. The van der Waals surface area contributed by atoms with Crippen molar-refractivity contribution >= 4 is 35.1 Å². The minimum absolute atomic E-state index is 0.149. The van der Waals surface area contributed by atoms with Crippen LogP contribution >= 0.6 is 0 Å². The number of imide groups is 2. The van der Waals surface area contributed by atoms with Crippen molar-refractivity contribution < 1.29 is 28.7 Å². The molecule has 1 N–H and O–H groups in total. The summed E-state index contributed by atoms with van der Waals surface area (Å²) in [5, 5.41) is 2.58. The maximum absolute atomic E-state index is 12.8. The first kappa shape index (κ1) is 20.8. The number of anilines is 2. The highest BCUT2D eigenvalue weighted by molar-refractivity contribution is 6.53. The van der Waals surface area contributed by atoms with Crippen molar-refractivity contribution in [3.05, 3.63) is 48.5 Å². The first-order valence-corrected chi connectivity index (χ1v) is 9.40. The summed E-state index contributed by atoms with van der Waals surface area (Å²) in [6, 6.07) is 12.2. The molecule has 1 aliphatic heterocycles. The van der Waals surface area contributed by atoms with Gasteiger partial charge in [-0.05, 0) is 38.1 Å². The van der Waals surface area contributed by atoms with E-state index in [1.54, 1.807) is 43.3 Å². The summed E-state index contributed by atoms with van der Waals surface area (Å²) in [5.41, 5.74) is 0.661. The Morgan fingerprint density at radius 1 is 0.900 bits per heavy atom. The number of nitrogens with one attached hydrogen (secondary N) is 1. The average Bonchev–Trinajstić information content (AvgIpc) is 2.94. The second-order valence-corrected chi connectivity index (χ2v) is 6.23. The normalized spacial score (nSPS) is 13.6. The quantitative estimate of drug-likeness (QED) is 0.528. The van der Waals surface area contributed by atoms with Gasteiger partial charge in [0.15, 0.2) is 11.5 Å². The number of hydrogen-bond acceptors (Lipinski definition) is 6. The van der Waals surface area contributed by atoms with E-state index in [0.717, 1.165) is 4.90 Å². The fraction of sp³-hybridized carbons (Fsp3) is 0.238. The number of carbonyl (C=O) groups excluding carboxylic acids is 4. The van der Waals surface area contributed by atoms with Crippen LogP contribution in [0.1, 0.15) is 13.8 Å². The van der Waals surface area contributed by atoms with E-state index in [0.29, 0.717) is 35.3 Å². The fourth-order valence-corrected chi connectivity index (χ4v) is 2.92. The van der Waals surface area contributed by atoms with E-state index in [1.165, 1.54) is 12.1 Å². The van der Waals surface area contributed by atoms with Crippen LogP contribution in [0.3, 0.4) is 0 Å². The molecule has 2 aromatic carbocycles. The van der Waals surface area contributed by atoms with Gasteiger partial charge in [0, 0.05) is 11.8 Å². The Labute approximate surface area is 173 Å². The van der Waals surface area contributed by atoms with Gasteiger partial charge in [-0.3, -0.25) is 14.4 Å². The summed E-state index contributed by atoms with van der Waals surface area (Å²) in [7, 11) is 0. The molecule has 0 spiro atoms. The molecule has 2 aromatic rings. The second-order valence-electron chi connectivity index (χ2n) is 6.23. The lowest BCUT2D eigenvalue weighted by Gasteiger charge is -2.17. The molecule has 0 aromatic heterocycles. The number of nitrogens with zero attached hydrogens (tertiary/aromatic N) is 2. The first-order chi connectivity index (χ1) is 14.5. The molecule has 1 aliphatic rings. The van der Waals surface area contributed by atoms with Crippen molar-refractivity contribution in [2.75, 3.05) is 30.0 Å². The molecule has 0 atom stereocenters. The van der Waals surface area contributed by atoms with Crippen molar-refractivity contribution in [2.45, 2.75) is 13.8 Å². The Balaban J connectivity index is 1.80. The lowest BCUT2D eigenvalue weighted by molar-refractivity contribution is -0.140. The molecule has 156 valence electrons. The molecule has 1 fully saturated rings.